The number of nitrogen functional groups attached to an aromatic ring is 1. The number of anilines is 2. The highest BCUT2D eigenvalue weighted by Gasteiger charge is 2.15. The maximum Gasteiger partial charge on any atom is 0.250 e. The molecule has 0 radical (unpaired) electrons. The molecule has 1 aliphatic heterocycles. The fourth-order valence-corrected chi connectivity index (χ4v) is 2.14. The molecule has 18 heavy (non-hydrogen) atoms. The van der Waals surface area contributed by atoms with E-state index < -0.39 is 5.91 Å². The first-order chi connectivity index (χ1) is 8.68. The van der Waals surface area contributed by atoms with Gasteiger partial charge in [0.15, 0.2) is 0 Å². The summed E-state index contributed by atoms with van der Waals surface area (Å²) < 4.78 is 5.31. The Morgan fingerprint density at radius 3 is 2.78 bits per heavy atom. The van der Waals surface area contributed by atoms with E-state index in [2.05, 4.69) is 5.32 Å². The molecule has 0 aromatic heterocycles. The van der Waals surface area contributed by atoms with Gasteiger partial charge in [-0.25, -0.2) is 0 Å². The van der Waals surface area contributed by atoms with E-state index in [-0.39, 0.29) is 0 Å². The third kappa shape index (κ3) is 2.92. The van der Waals surface area contributed by atoms with Gasteiger partial charge >= 0.3 is 0 Å². The van der Waals surface area contributed by atoms with Crippen LogP contribution < -0.4 is 16.8 Å². The number of carbonyl (C=O) groups is 1. The quantitative estimate of drug-likeness (QED) is 0.699. The lowest BCUT2D eigenvalue weighted by Crippen LogP contribution is -2.23. The lowest BCUT2D eigenvalue weighted by molar-refractivity contribution is 0.0699. The molecule has 0 saturated carbocycles. The third-order valence-electron chi connectivity index (χ3n) is 3.29. The first-order valence-corrected chi connectivity index (χ1v) is 6.18. The van der Waals surface area contributed by atoms with E-state index in [0.717, 1.165) is 38.3 Å². The van der Waals surface area contributed by atoms with Crippen molar-refractivity contribution in [2.75, 3.05) is 30.8 Å². The van der Waals surface area contributed by atoms with Crippen molar-refractivity contribution >= 4 is 17.3 Å². The van der Waals surface area contributed by atoms with Crippen LogP contribution in [0.1, 0.15) is 23.2 Å². The first-order valence-electron chi connectivity index (χ1n) is 6.18. The van der Waals surface area contributed by atoms with E-state index in [1.54, 1.807) is 12.1 Å². The van der Waals surface area contributed by atoms with Gasteiger partial charge in [0, 0.05) is 19.8 Å². The van der Waals surface area contributed by atoms with Crippen LogP contribution in [-0.2, 0) is 4.74 Å². The normalized spacial score (nSPS) is 16.4. The Balaban J connectivity index is 2.00. The molecular formula is C13H19N3O2. The number of hydrogen-bond acceptors (Lipinski definition) is 4. The zero-order valence-corrected chi connectivity index (χ0v) is 10.3. The average molecular weight is 249 g/mol. The Kier molecular flexibility index (Phi) is 4.04. The minimum Gasteiger partial charge on any atom is -0.396 e. The molecule has 98 valence electrons. The van der Waals surface area contributed by atoms with Crippen molar-refractivity contribution in [1.29, 1.82) is 0 Å². The Hall–Kier alpha value is -1.75. The third-order valence-corrected chi connectivity index (χ3v) is 3.29. The van der Waals surface area contributed by atoms with Crippen molar-refractivity contribution in [2.24, 2.45) is 11.7 Å². The Morgan fingerprint density at radius 1 is 1.39 bits per heavy atom. The molecule has 0 bridgehead atoms. The summed E-state index contributed by atoms with van der Waals surface area (Å²) in [6.45, 7) is 2.49. The number of benzene rings is 1. The summed E-state index contributed by atoms with van der Waals surface area (Å²) in [5, 5.41) is 3.29. The molecule has 1 fully saturated rings. The molecule has 1 amide bonds. The number of ether oxygens (including phenoxy) is 1. The standard InChI is InChI=1S/C13H19N3O2/c14-12-10(13(15)17)2-1-3-11(12)16-8-9-4-6-18-7-5-9/h1-3,9,16H,4-8,14H2,(H2,15,17). The van der Waals surface area contributed by atoms with Crippen LogP contribution >= 0.6 is 0 Å². The summed E-state index contributed by atoms with van der Waals surface area (Å²) in [5.74, 6) is 0.0950. The molecule has 2 rings (SSSR count). The predicted molar refractivity (Wildman–Crippen MR) is 71.4 cm³/mol. The van der Waals surface area contributed by atoms with Gasteiger partial charge in [-0.15, -0.1) is 0 Å². The molecule has 0 aliphatic carbocycles. The predicted octanol–water partition coefficient (Wildman–Crippen LogP) is 1.21. The molecule has 5 N–H and O–H groups in total. The summed E-state index contributed by atoms with van der Waals surface area (Å²) in [7, 11) is 0. The van der Waals surface area contributed by atoms with Gasteiger partial charge in [0.1, 0.15) is 0 Å². The van der Waals surface area contributed by atoms with Crippen LogP contribution in [-0.4, -0.2) is 25.7 Å². The Bertz CT molecular complexity index is 428. The van der Waals surface area contributed by atoms with Crippen LogP contribution in [0.3, 0.4) is 0 Å². The number of para-hydroxylation sites is 1. The SMILES string of the molecule is NC(=O)c1cccc(NCC2CCOCC2)c1N. The molecule has 1 aromatic carbocycles. The number of rotatable bonds is 4. The molecule has 1 aromatic rings. The minimum absolute atomic E-state index is 0.368. The molecule has 1 aliphatic rings. The summed E-state index contributed by atoms with van der Waals surface area (Å²) in [4.78, 5) is 11.2. The molecular weight excluding hydrogens is 230 g/mol. The van der Waals surface area contributed by atoms with Crippen molar-refractivity contribution in [2.45, 2.75) is 12.8 Å². The highest BCUT2D eigenvalue weighted by atomic mass is 16.5. The van der Waals surface area contributed by atoms with Gasteiger partial charge in [-0.05, 0) is 30.9 Å². The zero-order chi connectivity index (χ0) is 13.0. The first kappa shape index (κ1) is 12.7. The number of carbonyl (C=O) groups excluding carboxylic acids is 1. The second-order valence-electron chi connectivity index (χ2n) is 4.57. The fraction of sp³-hybridized carbons (Fsp3) is 0.462. The molecule has 1 heterocycles. The van der Waals surface area contributed by atoms with Gasteiger partial charge in [0.2, 0.25) is 0 Å². The summed E-state index contributed by atoms with van der Waals surface area (Å²) in [6.07, 6.45) is 2.12. The second kappa shape index (κ2) is 5.73. The maximum atomic E-state index is 11.2. The Morgan fingerprint density at radius 2 is 2.11 bits per heavy atom. The van der Waals surface area contributed by atoms with Crippen LogP contribution in [0.25, 0.3) is 0 Å². The van der Waals surface area contributed by atoms with Gasteiger partial charge in [-0.1, -0.05) is 6.07 Å². The van der Waals surface area contributed by atoms with Gasteiger partial charge in [-0.3, -0.25) is 4.79 Å². The molecule has 0 atom stereocenters. The van der Waals surface area contributed by atoms with Crippen molar-refractivity contribution < 1.29 is 9.53 Å². The molecule has 0 spiro atoms. The summed E-state index contributed by atoms with van der Waals surface area (Å²) in [6, 6.07) is 5.28. The van der Waals surface area contributed by atoms with Crippen molar-refractivity contribution in [3.05, 3.63) is 23.8 Å². The minimum atomic E-state index is -0.498. The van der Waals surface area contributed by atoms with Crippen LogP contribution in [0, 0.1) is 5.92 Å². The number of hydrogen-bond donors (Lipinski definition) is 3. The van der Waals surface area contributed by atoms with Crippen LogP contribution in [0.5, 0.6) is 0 Å². The smallest absolute Gasteiger partial charge is 0.250 e. The van der Waals surface area contributed by atoms with E-state index >= 15 is 0 Å². The topological polar surface area (TPSA) is 90.4 Å². The Labute approximate surface area is 106 Å². The van der Waals surface area contributed by atoms with E-state index in [4.69, 9.17) is 16.2 Å². The van der Waals surface area contributed by atoms with Crippen LogP contribution in [0.15, 0.2) is 18.2 Å². The molecule has 1 saturated heterocycles. The second-order valence-corrected chi connectivity index (χ2v) is 4.57. The van der Waals surface area contributed by atoms with Gasteiger partial charge < -0.3 is 21.5 Å². The zero-order valence-electron chi connectivity index (χ0n) is 10.3. The van der Waals surface area contributed by atoms with Crippen LogP contribution in [0.2, 0.25) is 0 Å². The number of amides is 1. The largest absolute Gasteiger partial charge is 0.396 e. The number of nitrogens with one attached hydrogen (secondary N) is 1. The van der Waals surface area contributed by atoms with E-state index in [1.165, 1.54) is 0 Å². The van der Waals surface area contributed by atoms with E-state index in [9.17, 15) is 4.79 Å². The summed E-state index contributed by atoms with van der Waals surface area (Å²) in [5.41, 5.74) is 12.7. The van der Waals surface area contributed by atoms with Gasteiger partial charge in [0.05, 0.1) is 16.9 Å². The van der Waals surface area contributed by atoms with Gasteiger partial charge in [0.25, 0.3) is 5.91 Å². The average Bonchev–Trinajstić information content (AvgIpc) is 2.38. The van der Waals surface area contributed by atoms with E-state index in [0.29, 0.717) is 17.2 Å². The number of nitrogens with two attached hydrogens (primary N) is 2. The lowest BCUT2D eigenvalue weighted by Gasteiger charge is -2.23. The van der Waals surface area contributed by atoms with Crippen molar-refractivity contribution in [3.8, 4) is 0 Å². The fourth-order valence-electron chi connectivity index (χ4n) is 2.14. The van der Waals surface area contributed by atoms with Gasteiger partial charge in [-0.2, -0.15) is 0 Å². The monoisotopic (exact) mass is 249 g/mol. The molecule has 0 unspecified atom stereocenters. The number of primary amides is 1. The summed E-state index contributed by atoms with van der Waals surface area (Å²) >= 11 is 0. The highest BCUT2D eigenvalue weighted by Crippen LogP contribution is 2.23. The maximum absolute atomic E-state index is 11.2. The highest BCUT2D eigenvalue weighted by molar-refractivity contribution is 6.00. The van der Waals surface area contributed by atoms with E-state index in [1.807, 2.05) is 6.07 Å². The lowest BCUT2D eigenvalue weighted by atomic mass is 10.00. The van der Waals surface area contributed by atoms with Crippen molar-refractivity contribution in [3.63, 3.8) is 0 Å². The van der Waals surface area contributed by atoms with Crippen molar-refractivity contribution in [1.82, 2.24) is 0 Å². The molecule has 5 heteroatoms. The van der Waals surface area contributed by atoms with Crippen LogP contribution in [0.4, 0.5) is 11.4 Å². The molecule has 5 nitrogen and oxygen atoms in total.